The van der Waals surface area contributed by atoms with Gasteiger partial charge in [-0.15, -0.1) is 0 Å². The SMILES string of the molecule is CC(C)(C)[S@](=O)NCc1nccc(Cl)c1F. The van der Waals surface area contributed by atoms with Gasteiger partial charge in [0.15, 0.2) is 5.82 Å². The van der Waals surface area contributed by atoms with Crippen LogP contribution in [0.1, 0.15) is 26.5 Å². The number of halogens is 2. The highest BCUT2D eigenvalue weighted by atomic mass is 35.5. The van der Waals surface area contributed by atoms with E-state index in [0.29, 0.717) is 0 Å². The average molecular weight is 265 g/mol. The molecular weight excluding hydrogens is 251 g/mol. The molecule has 1 N–H and O–H groups in total. The second-order valence-electron chi connectivity index (χ2n) is 4.26. The molecule has 0 saturated heterocycles. The van der Waals surface area contributed by atoms with E-state index in [-0.39, 0.29) is 17.3 Å². The fraction of sp³-hybridized carbons (Fsp3) is 0.500. The molecule has 0 amide bonds. The molecule has 3 nitrogen and oxygen atoms in total. The van der Waals surface area contributed by atoms with Crippen molar-refractivity contribution in [1.82, 2.24) is 9.71 Å². The third-order valence-electron chi connectivity index (χ3n) is 1.84. The maximum absolute atomic E-state index is 13.4. The van der Waals surface area contributed by atoms with Crippen LogP contribution in [0.5, 0.6) is 0 Å². The summed E-state index contributed by atoms with van der Waals surface area (Å²) in [7, 11) is -1.25. The van der Waals surface area contributed by atoms with Crippen LogP contribution in [0.2, 0.25) is 5.02 Å². The van der Waals surface area contributed by atoms with Gasteiger partial charge in [-0.25, -0.2) is 13.3 Å². The molecule has 1 rings (SSSR count). The molecule has 1 atom stereocenters. The van der Waals surface area contributed by atoms with Crippen molar-refractivity contribution in [3.05, 3.63) is 28.8 Å². The van der Waals surface area contributed by atoms with Crippen molar-refractivity contribution in [2.45, 2.75) is 32.1 Å². The Labute approximate surface area is 102 Å². The van der Waals surface area contributed by atoms with Gasteiger partial charge in [-0.1, -0.05) is 11.6 Å². The quantitative estimate of drug-likeness (QED) is 0.911. The lowest BCUT2D eigenvalue weighted by Crippen LogP contribution is -2.33. The van der Waals surface area contributed by atoms with Gasteiger partial charge in [-0.3, -0.25) is 4.98 Å². The molecule has 0 aliphatic heterocycles. The summed E-state index contributed by atoms with van der Waals surface area (Å²) in [5.74, 6) is -0.567. The zero-order valence-electron chi connectivity index (χ0n) is 9.38. The maximum Gasteiger partial charge on any atom is 0.164 e. The molecule has 0 saturated carbocycles. The molecule has 0 unspecified atom stereocenters. The minimum Gasteiger partial charge on any atom is -0.257 e. The summed E-state index contributed by atoms with van der Waals surface area (Å²) in [5.41, 5.74) is 0.171. The fourth-order valence-electron chi connectivity index (χ4n) is 0.934. The third-order valence-corrected chi connectivity index (χ3v) is 3.65. The van der Waals surface area contributed by atoms with Gasteiger partial charge in [0.2, 0.25) is 0 Å². The largest absolute Gasteiger partial charge is 0.257 e. The molecule has 0 aromatic carbocycles. The summed E-state index contributed by atoms with van der Waals surface area (Å²) in [5, 5.41) is 0.0216. The maximum atomic E-state index is 13.4. The number of hydrogen-bond acceptors (Lipinski definition) is 2. The van der Waals surface area contributed by atoms with E-state index in [1.165, 1.54) is 12.3 Å². The van der Waals surface area contributed by atoms with Crippen LogP contribution in [0, 0.1) is 5.82 Å². The summed E-state index contributed by atoms with van der Waals surface area (Å²) in [6.07, 6.45) is 1.42. The first-order chi connectivity index (χ1) is 7.32. The van der Waals surface area contributed by atoms with Crippen molar-refractivity contribution in [3.8, 4) is 0 Å². The van der Waals surface area contributed by atoms with Crippen molar-refractivity contribution in [2.24, 2.45) is 0 Å². The smallest absolute Gasteiger partial charge is 0.164 e. The number of nitrogens with zero attached hydrogens (tertiary/aromatic N) is 1. The Kier molecular flexibility index (Phi) is 4.41. The lowest BCUT2D eigenvalue weighted by Gasteiger charge is -2.17. The van der Waals surface area contributed by atoms with E-state index in [9.17, 15) is 8.60 Å². The van der Waals surface area contributed by atoms with Crippen molar-refractivity contribution in [3.63, 3.8) is 0 Å². The second kappa shape index (κ2) is 5.21. The Hall–Kier alpha value is -0.520. The number of hydrogen-bond donors (Lipinski definition) is 1. The van der Waals surface area contributed by atoms with E-state index in [1.54, 1.807) is 0 Å². The minimum atomic E-state index is -1.25. The number of pyridine rings is 1. The molecule has 1 aromatic rings. The highest BCUT2D eigenvalue weighted by Crippen LogP contribution is 2.16. The van der Waals surface area contributed by atoms with Gasteiger partial charge in [-0.2, -0.15) is 0 Å². The first-order valence-corrected chi connectivity index (χ1v) is 6.29. The van der Waals surface area contributed by atoms with Gasteiger partial charge in [0.25, 0.3) is 0 Å². The predicted molar refractivity (Wildman–Crippen MR) is 63.9 cm³/mol. The van der Waals surface area contributed by atoms with Crippen LogP contribution in [-0.2, 0) is 17.5 Å². The molecule has 0 radical (unpaired) electrons. The molecule has 16 heavy (non-hydrogen) atoms. The van der Waals surface area contributed by atoms with E-state index in [2.05, 4.69) is 9.71 Å². The molecular formula is C10H14ClFN2OS. The topological polar surface area (TPSA) is 42.0 Å². The Morgan fingerprint density at radius 2 is 2.19 bits per heavy atom. The van der Waals surface area contributed by atoms with Crippen LogP contribution in [0.4, 0.5) is 4.39 Å². The normalized spacial score (nSPS) is 13.8. The molecule has 0 aliphatic rings. The van der Waals surface area contributed by atoms with Gasteiger partial charge in [0, 0.05) is 6.20 Å². The molecule has 0 fully saturated rings. The highest BCUT2D eigenvalue weighted by molar-refractivity contribution is 7.84. The Morgan fingerprint density at radius 1 is 1.56 bits per heavy atom. The molecule has 6 heteroatoms. The number of nitrogens with one attached hydrogen (secondary N) is 1. The van der Waals surface area contributed by atoms with Gasteiger partial charge < -0.3 is 0 Å². The Balaban J connectivity index is 2.69. The highest BCUT2D eigenvalue weighted by Gasteiger charge is 2.19. The van der Waals surface area contributed by atoms with Crippen LogP contribution in [0.25, 0.3) is 0 Å². The Morgan fingerprint density at radius 3 is 2.75 bits per heavy atom. The second-order valence-corrected chi connectivity index (χ2v) is 6.71. The van der Waals surface area contributed by atoms with Gasteiger partial charge in [0.05, 0.1) is 33.0 Å². The first-order valence-electron chi connectivity index (χ1n) is 4.76. The van der Waals surface area contributed by atoms with E-state index >= 15 is 0 Å². The Bertz CT molecular complexity index is 406. The zero-order chi connectivity index (χ0) is 12.3. The monoisotopic (exact) mass is 264 g/mol. The van der Waals surface area contributed by atoms with Gasteiger partial charge in [0.1, 0.15) is 0 Å². The molecule has 1 aromatic heterocycles. The van der Waals surface area contributed by atoms with Crippen LogP contribution in [0.3, 0.4) is 0 Å². The lowest BCUT2D eigenvalue weighted by molar-refractivity contribution is 0.590. The summed E-state index contributed by atoms with van der Waals surface area (Å²) in [4.78, 5) is 3.84. The van der Waals surface area contributed by atoms with Gasteiger partial charge in [-0.05, 0) is 26.8 Å². The van der Waals surface area contributed by atoms with Crippen molar-refractivity contribution in [1.29, 1.82) is 0 Å². The number of aromatic nitrogens is 1. The number of rotatable bonds is 3. The minimum absolute atomic E-state index is 0.0216. The van der Waals surface area contributed by atoms with Crippen molar-refractivity contribution < 1.29 is 8.60 Å². The van der Waals surface area contributed by atoms with E-state index in [4.69, 9.17) is 11.6 Å². The zero-order valence-corrected chi connectivity index (χ0v) is 11.0. The summed E-state index contributed by atoms with van der Waals surface area (Å²) in [6, 6.07) is 1.38. The van der Waals surface area contributed by atoms with E-state index < -0.39 is 21.5 Å². The fourth-order valence-corrected chi connectivity index (χ4v) is 1.80. The van der Waals surface area contributed by atoms with Crippen molar-refractivity contribution in [2.75, 3.05) is 0 Å². The van der Waals surface area contributed by atoms with E-state index in [0.717, 1.165) is 0 Å². The summed E-state index contributed by atoms with van der Waals surface area (Å²) < 4.78 is 27.4. The van der Waals surface area contributed by atoms with Crippen LogP contribution < -0.4 is 4.72 Å². The van der Waals surface area contributed by atoms with Crippen LogP contribution >= 0.6 is 11.6 Å². The molecule has 90 valence electrons. The summed E-state index contributed by atoms with van der Waals surface area (Å²) >= 11 is 5.60. The molecule has 0 spiro atoms. The molecule has 1 heterocycles. The standard InChI is InChI=1S/C10H14ClFN2OS/c1-10(2,3)16(15)14-6-8-9(12)7(11)4-5-13-8/h4-5,14H,6H2,1-3H3/t16-/m0/s1. The average Bonchev–Trinajstić information content (AvgIpc) is 2.18. The van der Waals surface area contributed by atoms with Crippen LogP contribution in [-0.4, -0.2) is 13.9 Å². The van der Waals surface area contributed by atoms with E-state index in [1.807, 2.05) is 20.8 Å². The van der Waals surface area contributed by atoms with Gasteiger partial charge >= 0.3 is 0 Å². The molecule has 0 bridgehead atoms. The molecule has 0 aliphatic carbocycles. The summed E-state index contributed by atoms with van der Waals surface area (Å²) in [6.45, 7) is 5.59. The van der Waals surface area contributed by atoms with Crippen molar-refractivity contribution >= 4 is 22.6 Å². The lowest BCUT2D eigenvalue weighted by atomic mass is 10.3. The van der Waals surface area contributed by atoms with Crippen LogP contribution in [0.15, 0.2) is 12.3 Å². The third kappa shape index (κ3) is 3.50. The first kappa shape index (κ1) is 13.5. The predicted octanol–water partition coefficient (Wildman–Crippen LogP) is 2.43.